The molecular weight excluding hydrogens is 1090 g/mol. The molecule has 3 aromatic heterocycles. The number of piperidine rings is 1. The number of β-amino-alcohol motifs (C(OH)–C–C–N with tert-alkyl or cyclic N) is 1. The fourth-order valence-corrected chi connectivity index (χ4v) is 15.7. The molecule has 80 heavy (non-hydrogen) atoms. The molecule has 4 atom stereocenters. The maximum Gasteiger partial charge on any atom is 0.281 e. The van der Waals surface area contributed by atoms with Crippen LogP contribution in [0.1, 0.15) is 135 Å². The summed E-state index contributed by atoms with van der Waals surface area (Å²) >= 11 is 5.28. The monoisotopic (exact) mass is 1160 g/mol. The van der Waals surface area contributed by atoms with E-state index in [0.717, 1.165) is 146 Å². The van der Waals surface area contributed by atoms with E-state index >= 15 is 4.79 Å². The van der Waals surface area contributed by atoms with Gasteiger partial charge in [-0.05, 0) is 132 Å². The van der Waals surface area contributed by atoms with Crippen molar-refractivity contribution < 1.29 is 19.4 Å². The summed E-state index contributed by atoms with van der Waals surface area (Å²) in [6.07, 6.45) is 13.8. The number of aryl methyl sites for hydroxylation is 1. The van der Waals surface area contributed by atoms with Gasteiger partial charge in [-0.2, -0.15) is 4.98 Å². The molecule has 2 aliphatic carbocycles. The number of morpholine rings is 1. The predicted molar refractivity (Wildman–Crippen MR) is 314 cm³/mol. The number of likely N-dealkylation sites (tertiary alicyclic amines) is 2. The summed E-state index contributed by atoms with van der Waals surface area (Å²) in [5.41, 5.74) is 12.2. The number of rotatable bonds is 13. The number of thiazole rings is 1. The van der Waals surface area contributed by atoms with E-state index in [9.17, 15) is 14.7 Å². The number of halogens is 1. The molecule has 4 aromatic carbocycles. The smallest absolute Gasteiger partial charge is 0.281 e. The maximum absolute atomic E-state index is 15.1. The fourth-order valence-electron chi connectivity index (χ4n) is 14.4. The summed E-state index contributed by atoms with van der Waals surface area (Å²) in [5, 5.41) is 24.5. The van der Waals surface area contributed by atoms with Crippen LogP contribution in [-0.2, 0) is 26.3 Å². The Bertz CT molecular complexity index is 3450. The zero-order chi connectivity index (χ0) is 54.5. The van der Waals surface area contributed by atoms with Crippen LogP contribution in [0, 0.1) is 12.8 Å². The first kappa shape index (κ1) is 53.4. The number of nitrogens with one attached hydrogen (secondary N) is 1. The third-order valence-electron chi connectivity index (χ3n) is 18.7. The highest BCUT2D eigenvalue weighted by Gasteiger charge is 2.48. The molecule has 2 saturated carbocycles. The average Bonchev–Trinajstić information content (AvgIpc) is 3.52. The molecule has 0 radical (unpaired) electrons. The van der Waals surface area contributed by atoms with Crippen molar-refractivity contribution in [3.8, 4) is 27.4 Å². The van der Waals surface area contributed by atoms with Gasteiger partial charge in [-0.3, -0.25) is 28.8 Å². The van der Waals surface area contributed by atoms with E-state index in [0.29, 0.717) is 36.8 Å². The third-order valence-corrected chi connectivity index (χ3v) is 20.3. The minimum atomic E-state index is -0.835. The van der Waals surface area contributed by atoms with Gasteiger partial charge < -0.3 is 20.1 Å². The van der Waals surface area contributed by atoms with Gasteiger partial charge in [0, 0.05) is 49.2 Å². The number of carbonyl (C=O) groups is 2. The molecule has 7 aromatic rings. The number of nitrogens with zero attached hydrogens (tertiary/aromatic N) is 9. The summed E-state index contributed by atoms with van der Waals surface area (Å²) in [7, 11) is 0. The molecule has 6 aliphatic rings. The normalized spacial score (nSPS) is 21.7. The Hall–Kier alpha value is -5.95. The van der Waals surface area contributed by atoms with Crippen molar-refractivity contribution in [3.63, 3.8) is 0 Å². The summed E-state index contributed by atoms with van der Waals surface area (Å²) < 4.78 is 10.5. The minimum Gasteiger partial charge on any atom is -0.391 e. The van der Waals surface area contributed by atoms with Gasteiger partial charge in [0.15, 0.2) is 0 Å². The second-order valence-electron chi connectivity index (χ2n) is 23.6. The molecule has 2 amide bonds. The highest BCUT2D eigenvalue weighted by Crippen LogP contribution is 2.52. The molecule has 3 saturated heterocycles. The second-order valence-corrected chi connectivity index (χ2v) is 25.3. The van der Waals surface area contributed by atoms with Gasteiger partial charge >= 0.3 is 0 Å². The molecule has 15 nitrogen and oxygen atoms in total. The first-order valence-corrected chi connectivity index (χ1v) is 31.0. The Morgan fingerprint density at radius 1 is 0.875 bits per heavy atom. The van der Waals surface area contributed by atoms with Crippen LogP contribution >= 0.6 is 27.3 Å². The van der Waals surface area contributed by atoms with Gasteiger partial charge in [-0.25, -0.2) is 9.67 Å². The molecule has 0 unspecified atom stereocenters. The second kappa shape index (κ2) is 22.8. The van der Waals surface area contributed by atoms with Crippen LogP contribution in [0.4, 0.5) is 0 Å². The van der Waals surface area contributed by atoms with Gasteiger partial charge in [0.05, 0.1) is 69.6 Å². The lowest BCUT2D eigenvalue weighted by atomic mass is 9.69. The van der Waals surface area contributed by atoms with Crippen molar-refractivity contribution in [3.05, 3.63) is 145 Å². The van der Waals surface area contributed by atoms with E-state index in [-0.39, 0.29) is 47.7 Å². The van der Waals surface area contributed by atoms with Crippen molar-refractivity contribution in [2.45, 2.75) is 133 Å². The van der Waals surface area contributed by atoms with E-state index in [1.54, 1.807) is 20.9 Å². The zero-order valence-electron chi connectivity index (χ0n) is 45.6. The van der Waals surface area contributed by atoms with Crippen molar-refractivity contribution in [1.29, 1.82) is 0 Å². The van der Waals surface area contributed by atoms with E-state index in [2.05, 4.69) is 124 Å². The summed E-state index contributed by atoms with van der Waals surface area (Å²) in [5.74, 6) is 0.928. The molecule has 5 fully saturated rings. The molecule has 17 heteroatoms. The Kier molecular flexibility index (Phi) is 15.2. The fraction of sp³-hybridized carbons (Fsp3) is 0.476. The summed E-state index contributed by atoms with van der Waals surface area (Å²) in [6, 6.07) is 28.3. The Morgan fingerprint density at radius 3 is 2.38 bits per heavy atom. The Morgan fingerprint density at radius 2 is 1.62 bits per heavy atom. The Labute approximate surface area is 479 Å². The number of hydrogen-bond donors (Lipinski definition) is 2. The SMILES string of the molecule is Cc1ncsc1-c1ccc([C@H](CN2CCOCC2)NC(=O)[C@@H]2C[C@@H](O)CN2C(=O)[C@H](C2CCCCC2)n2cc(-c3ccc(CN4CCC(c5ccc6c(c5)-n5c(nc(=O)c7c(Br)cccc75)C65CCCCC5)CC4)cc3)nn2)cc1. The van der Waals surface area contributed by atoms with E-state index in [1.165, 1.54) is 28.8 Å². The Balaban J connectivity index is 0.682. The van der Waals surface area contributed by atoms with Crippen molar-refractivity contribution in [2.24, 2.45) is 5.92 Å². The topological polar surface area (TPSA) is 164 Å². The molecule has 13 rings (SSSR count). The first-order chi connectivity index (χ1) is 39.1. The van der Waals surface area contributed by atoms with Crippen LogP contribution < -0.4 is 10.9 Å². The van der Waals surface area contributed by atoms with Crippen molar-refractivity contribution in [2.75, 3.05) is 52.5 Å². The third kappa shape index (κ3) is 10.3. The van der Waals surface area contributed by atoms with Gasteiger partial charge in [-0.1, -0.05) is 110 Å². The largest absolute Gasteiger partial charge is 0.391 e. The highest BCUT2D eigenvalue weighted by molar-refractivity contribution is 9.10. The van der Waals surface area contributed by atoms with Gasteiger partial charge in [0.2, 0.25) is 11.8 Å². The van der Waals surface area contributed by atoms with Crippen LogP contribution in [0.5, 0.6) is 0 Å². The van der Waals surface area contributed by atoms with Crippen LogP contribution in [0.25, 0.3) is 38.3 Å². The highest BCUT2D eigenvalue weighted by atomic mass is 79.9. The number of benzene rings is 4. The predicted octanol–water partition coefficient (Wildman–Crippen LogP) is 10.1. The lowest BCUT2D eigenvalue weighted by Gasteiger charge is -2.35. The van der Waals surface area contributed by atoms with Gasteiger partial charge in [0.1, 0.15) is 23.6 Å². The van der Waals surface area contributed by atoms with Crippen LogP contribution in [0.15, 0.2) is 106 Å². The van der Waals surface area contributed by atoms with E-state index < -0.39 is 18.2 Å². The van der Waals surface area contributed by atoms with Gasteiger partial charge in [0.25, 0.3) is 5.56 Å². The number of ether oxygens (including phenoxy) is 1. The van der Waals surface area contributed by atoms with Crippen LogP contribution in [0.2, 0.25) is 0 Å². The van der Waals surface area contributed by atoms with Crippen LogP contribution in [0.3, 0.4) is 0 Å². The maximum atomic E-state index is 15.1. The molecular formula is C63H71BrN10O5S. The number of aliphatic hydroxyl groups is 1. The zero-order valence-corrected chi connectivity index (χ0v) is 48.1. The minimum absolute atomic E-state index is 0.0222. The van der Waals surface area contributed by atoms with Crippen molar-refractivity contribution >= 4 is 50.0 Å². The number of amides is 2. The average molecular weight is 1160 g/mol. The molecule has 1 spiro atoms. The summed E-state index contributed by atoms with van der Waals surface area (Å²) in [4.78, 5) is 60.3. The van der Waals surface area contributed by atoms with E-state index in [4.69, 9.17) is 9.72 Å². The number of fused-ring (bicyclic) bond motifs is 7. The quantitative estimate of drug-likeness (QED) is 0.113. The number of carbonyl (C=O) groups excluding carboxylic acids is 2. The molecule has 0 bridgehead atoms. The van der Waals surface area contributed by atoms with E-state index in [1.807, 2.05) is 30.8 Å². The number of aromatic nitrogens is 6. The first-order valence-electron chi connectivity index (χ1n) is 29.3. The van der Waals surface area contributed by atoms with Gasteiger partial charge in [-0.15, -0.1) is 16.4 Å². The molecule has 7 heterocycles. The number of hydrogen-bond acceptors (Lipinski definition) is 12. The molecule has 2 N–H and O–H groups in total. The van der Waals surface area contributed by atoms with Crippen molar-refractivity contribution in [1.82, 2.24) is 49.5 Å². The molecule has 416 valence electrons. The standard InChI is InChI=1S/C63H71BrN10O5S/c1-40-58(80-39-65-40)46-19-17-43(18-20-46)51(37-71-29-31-79-32-30-71)66-59(76)55-34-48(75)36-72(55)61(78)57(45-9-4-2-5-10-45)73-38-52(68-69-73)44-15-13-41(14-16-44)35-70-27-23-42(24-28-70)47-21-22-49-54(33-47)74-53-12-8-11-50(64)56(53)60(77)67-62(74)63(49)25-6-3-7-26-63/h8,11-22,33,38-39,42,45,48,51,55,57,75H,2-7,9-10,23-32,34-37H2,1H3,(H,66,76)/t48-,51+,55+,57+/m1/s1. The lowest BCUT2D eigenvalue weighted by molar-refractivity contribution is -0.143. The summed E-state index contributed by atoms with van der Waals surface area (Å²) in [6.45, 7) is 8.33. The number of aliphatic hydroxyl groups excluding tert-OH is 1. The molecule has 4 aliphatic heterocycles. The lowest BCUT2D eigenvalue weighted by Crippen LogP contribution is -2.51. The van der Waals surface area contributed by atoms with Crippen LogP contribution in [-0.4, -0.2) is 126 Å².